The number of ether oxygens (including phenoxy) is 2. The summed E-state index contributed by atoms with van der Waals surface area (Å²) < 4.78 is 22.3. The molecule has 0 aromatic carbocycles. The summed E-state index contributed by atoms with van der Waals surface area (Å²) in [6.45, 7) is 1.89. The lowest BCUT2D eigenvalue weighted by atomic mass is 10.3. The van der Waals surface area contributed by atoms with Gasteiger partial charge in [0.2, 0.25) is 0 Å². The second-order valence-electron chi connectivity index (χ2n) is 2.41. The van der Waals surface area contributed by atoms with E-state index in [9.17, 15) is 9.18 Å². The van der Waals surface area contributed by atoms with Crippen LogP contribution in [0.25, 0.3) is 0 Å². The summed E-state index contributed by atoms with van der Waals surface area (Å²) in [5.74, 6) is -1.47. The van der Waals surface area contributed by atoms with Crippen molar-refractivity contribution >= 4 is 5.97 Å². The zero-order valence-corrected chi connectivity index (χ0v) is 7.91. The van der Waals surface area contributed by atoms with E-state index in [1.165, 1.54) is 19.2 Å². The number of rotatable bonds is 3. The maximum atomic E-state index is 13.0. The third kappa shape index (κ3) is 2.18. The van der Waals surface area contributed by atoms with Crippen LogP contribution in [0.2, 0.25) is 0 Å². The lowest BCUT2D eigenvalue weighted by molar-refractivity contribution is 0.0518. The summed E-state index contributed by atoms with van der Waals surface area (Å²) in [5, 5.41) is 0. The molecule has 14 heavy (non-hydrogen) atoms. The maximum Gasteiger partial charge on any atom is 0.357 e. The minimum absolute atomic E-state index is 0.00181. The van der Waals surface area contributed by atoms with E-state index in [2.05, 4.69) is 14.5 Å². The van der Waals surface area contributed by atoms with Crippen molar-refractivity contribution < 1.29 is 18.7 Å². The van der Waals surface area contributed by atoms with E-state index >= 15 is 0 Å². The number of hydrogen-bond acceptors (Lipinski definition) is 4. The van der Waals surface area contributed by atoms with E-state index in [4.69, 9.17) is 0 Å². The average molecular weight is 199 g/mol. The first-order valence-corrected chi connectivity index (χ1v) is 4.06. The molecule has 0 aliphatic carbocycles. The SMILES string of the molecule is CCOC(=O)c1ccc(OC)c(F)n1. The normalized spacial score (nSPS) is 9.64. The summed E-state index contributed by atoms with van der Waals surface area (Å²) in [6, 6.07) is 2.68. The zero-order valence-electron chi connectivity index (χ0n) is 7.91. The van der Waals surface area contributed by atoms with Gasteiger partial charge in [-0.05, 0) is 19.1 Å². The number of hydrogen-bond donors (Lipinski definition) is 0. The minimum atomic E-state index is -0.821. The summed E-state index contributed by atoms with van der Waals surface area (Å²) in [4.78, 5) is 14.5. The molecule has 1 rings (SSSR count). The first kappa shape index (κ1) is 10.4. The Morgan fingerprint density at radius 3 is 2.79 bits per heavy atom. The Morgan fingerprint density at radius 1 is 1.57 bits per heavy atom. The van der Waals surface area contributed by atoms with Crippen molar-refractivity contribution in [2.45, 2.75) is 6.92 Å². The van der Waals surface area contributed by atoms with E-state index in [0.717, 1.165) is 0 Å². The lowest BCUT2D eigenvalue weighted by Gasteiger charge is -2.03. The van der Waals surface area contributed by atoms with Gasteiger partial charge in [0.25, 0.3) is 5.95 Å². The molecule has 0 aliphatic rings. The monoisotopic (exact) mass is 199 g/mol. The standard InChI is InChI=1S/C9H10FNO3/c1-3-14-9(12)6-4-5-7(13-2)8(10)11-6/h4-5H,3H2,1-2H3. The topological polar surface area (TPSA) is 48.4 Å². The molecule has 76 valence electrons. The Bertz CT molecular complexity index is 341. The zero-order chi connectivity index (χ0) is 10.6. The highest BCUT2D eigenvalue weighted by Crippen LogP contribution is 2.14. The highest BCUT2D eigenvalue weighted by Gasteiger charge is 2.12. The van der Waals surface area contributed by atoms with Gasteiger partial charge in [-0.15, -0.1) is 0 Å². The van der Waals surface area contributed by atoms with Crippen molar-refractivity contribution in [2.75, 3.05) is 13.7 Å². The van der Waals surface area contributed by atoms with Gasteiger partial charge in [-0.1, -0.05) is 0 Å². The van der Waals surface area contributed by atoms with Gasteiger partial charge in [0.1, 0.15) is 0 Å². The Balaban J connectivity index is 2.91. The van der Waals surface area contributed by atoms with Gasteiger partial charge >= 0.3 is 5.97 Å². The van der Waals surface area contributed by atoms with Gasteiger partial charge in [-0.2, -0.15) is 4.39 Å². The molecule has 1 heterocycles. The van der Waals surface area contributed by atoms with Crippen molar-refractivity contribution in [3.05, 3.63) is 23.8 Å². The van der Waals surface area contributed by atoms with Crippen molar-refractivity contribution in [1.82, 2.24) is 4.98 Å². The van der Waals surface area contributed by atoms with Crippen LogP contribution in [0.3, 0.4) is 0 Å². The van der Waals surface area contributed by atoms with Gasteiger partial charge in [-0.25, -0.2) is 9.78 Å². The van der Waals surface area contributed by atoms with Crippen molar-refractivity contribution in [3.8, 4) is 5.75 Å². The second kappa shape index (κ2) is 4.55. The van der Waals surface area contributed by atoms with Crippen LogP contribution in [0, 0.1) is 5.95 Å². The number of esters is 1. The molecule has 0 saturated heterocycles. The number of pyridine rings is 1. The summed E-state index contributed by atoms with van der Waals surface area (Å²) in [6.07, 6.45) is 0. The number of nitrogens with zero attached hydrogens (tertiary/aromatic N) is 1. The van der Waals surface area contributed by atoms with Gasteiger partial charge in [-0.3, -0.25) is 0 Å². The smallest absolute Gasteiger partial charge is 0.357 e. The van der Waals surface area contributed by atoms with Crippen LogP contribution in [0.15, 0.2) is 12.1 Å². The van der Waals surface area contributed by atoms with E-state index < -0.39 is 11.9 Å². The van der Waals surface area contributed by atoms with Crippen LogP contribution < -0.4 is 4.74 Å². The number of carbonyl (C=O) groups is 1. The number of aromatic nitrogens is 1. The molecule has 0 radical (unpaired) electrons. The predicted octanol–water partition coefficient (Wildman–Crippen LogP) is 1.41. The third-order valence-corrected chi connectivity index (χ3v) is 1.52. The second-order valence-corrected chi connectivity index (χ2v) is 2.41. The van der Waals surface area contributed by atoms with E-state index in [1.807, 2.05) is 0 Å². The molecular weight excluding hydrogens is 189 g/mol. The van der Waals surface area contributed by atoms with E-state index in [1.54, 1.807) is 6.92 Å². The fourth-order valence-electron chi connectivity index (χ4n) is 0.892. The van der Waals surface area contributed by atoms with Crippen LogP contribution in [0.4, 0.5) is 4.39 Å². The average Bonchev–Trinajstić information content (AvgIpc) is 2.18. The summed E-state index contributed by atoms with van der Waals surface area (Å²) in [7, 11) is 1.32. The molecule has 0 saturated carbocycles. The van der Waals surface area contributed by atoms with Gasteiger partial charge < -0.3 is 9.47 Å². The third-order valence-electron chi connectivity index (χ3n) is 1.52. The van der Waals surface area contributed by atoms with E-state index in [0.29, 0.717) is 0 Å². The summed E-state index contributed by atoms with van der Waals surface area (Å²) in [5.41, 5.74) is -0.0647. The highest BCUT2D eigenvalue weighted by molar-refractivity contribution is 5.87. The number of carbonyl (C=O) groups excluding carboxylic acids is 1. The fraction of sp³-hybridized carbons (Fsp3) is 0.333. The van der Waals surface area contributed by atoms with Crippen LogP contribution in [-0.2, 0) is 4.74 Å². The molecular formula is C9H10FNO3. The van der Waals surface area contributed by atoms with Crippen molar-refractivity contribution in [2.24, 2.45) is 0 Å². The van der Waals surface area contributed by atoms with Crippen LogP contribution in [0.5, 0.6) is 5.75 Å². The fourth-order valence-corrected chi connectivity index (χ4v) is 0.892. The van der Waals surface area contributed by atoms with Crippen molar-refractivity contribution in [3.63, 3.8) is 0 Å². The number of halogens is 1. The first-order valence-electron chi connectivity index (χ1n) is 4.06. The molecule has 1 aromatic heterocycles. The Hall–Kier alpha value is -1.65. The Labute approximate surface area is 80.7 Å². The minimum Gasteiger partial charge on any atom is -0.492 e. The molecule has 1 aromatic rings. The first-order chi connectivity index (χ1) is 6.69. The molecule has 0 fully saturated rings. The predicted molar refractivity (Wildman–Crippen MR) is 46.7 cm³/mol. The van der Waals surface area contributed by atoms with Crippen LogP contribution in [0.1, 0.15) is 17.4 Å². The van der Waals surface area contributed by atoms with Crippen LogP contribution >= 0.6 is 0 Å². The Morgan fingerprint density at radius 2 is 2.29 bits per heavy atom. The molecule has 0 unspecified atom stereocenters. The van der Waals surface area contributed by atoms with Crippen molar-refractivity contribution in [1.29, 1.82) is 0 Å². The van der Waals surface area contributed by atoms with E-state index in [-0.39, 0.29) is 18.1 Å². The molecule has 0 aliphatic heterocycles. The molecule has 4 nitrogen and oxygen atoms in total. The maximum absolute atomic E-state index is 13.0. The number of methoxy groups -OCH3 is 1. The molecule has 0 amide bonds. The van der Waals surface area contributed by atoms with Gasteiger partial charge in [0.15, 0.2) is 11.4 Å². The highest BCUT2D eigenvalue weighted by atomic mass is 19.1. The molecule has 5 heteroatoms. The quantitative estimate of drug-likeness (QED) is 0.545. The Kier molecular flexibility index (Phi) is 3.39. The summed E-state index contributed by atoms with van der Waals surface area (Å²) >= 11 is 0. The van der Waals surface area contributed by atoms with Gasteiger partial charge in [0.05, 0.1) is 13.7 Å². The molecule has 0 bridgehead atoms. The molecule has 0 spiro atoms. The van der Waals surface area contributed by atoms with Gasteiger partial charge in [0, 0.05) is 0 Å². The molecule has 0 N–H and O–H groups in total. The lowest BCUT2D eigenvalue weighted by Crippen LogP contribution is -2.08. The van der Waals surface area contributed by atoms with Crippen LogP contribution in [-0.4, -0.2) is 24.7 Å². The largest absolute Gasteiger partial charge is 0.492 e. The molecule has 0 atom stereocenters.